The number of anilines is 1. The quantitative estimate of drug-likeness (QED) is 0.286. The minimum absolute atomic E-state index is 0.0912. The maximum Gasteiger partial charge on any atom is 0.338 e. The second kappa shape index (κ2) is 7.32. The van der Waals surface area contributed by atoms with Gasteiger partial charge >= 0.3 is 5.97 Å². The first-order valence-corrected chi connectivity index (χ1v) is 6.57. The van der Waals surface area contributed by atoms with Crippen LogP contribution in [0.3, 0.4) is 0 Å². The molecule has 0 fully saturated rings. The number of carbonyl (C=O) groups excluding carboxylic acids is 1. The molecule has 8 nitrogen and oxygen atoms in total. The first-order valence-electron chi connectivity index (χ1n) is 6.19. The van der Waals surface area contributed by atoms with E-state index >= 15 is 0 Å². The van der Waals surface area contributed by atoms with Crippen molar-refractivity contribution in [3.63, 3.8) is 0 Å². The predicted octanol–water partition coefficient (Wildman–Crippen LogP) is 2.31. The first kappa shape index (κ1) is 15.6. The van der Waals surface area contributed by atoms with Crippen LogP contribution in [-0.2, 0) is 4.74 Å². The molecule has 2 aromatic rings. The molecule has 0 spiro atoms. The number of rotatable bonds is 6. The number of halogens is 1. The SMILES string of the molecule is O=C(OCCNc1ccc([N+](=O)[O-])cn1)c1ccnc(Cl)c1. The van der Waals surface area contributed by atoms with E-state index in [0.29, 0.717) is 17.9 Å². The molecule has 1 N–H and O–H groups in total. The molecule has 0 aliphatic carbocycles. The Morgan fingerprint density at radius 3 is 2.82 bits per heavy atom. The average Bonchev–Trinajstić information content (AvgIpc) is 2.51. The Labute approximate surface area is 130 Å². The number of aromatic nitrogens is 2. The molecule has 0 saturated carbocycles. The summed E-state index contributed by atoms with van der Waals surface area (Å²) in [6, 6.07) is 5.72. The summed E-state index contributed by atoms with van der Waals surface area (Å²) in [5.41, 5.74) is 0.222. The van der Waals surface area contributed by atoms with Crippen molar-refractivity contribution >= 4 is 29.1 Å². The number of ether oxygens (including phenoxy) is 1. The van der Waals surface area contributed by atoms with Crippen LogP contribution in [0.15, 0.2) is 36.7 Å². The van der Waals surface area contributed by atoms with Crippen molar-refractivity contribution in [2.24, 2.45) is 0 Å². The molecule has 0 atom stereocenters. The Balaban J connectivity index is 1.77. The molecule has 114 valence electrons. The molecular weight excluding hydrogens is 312 g/mol. The van der Waals surface area contributed by atoms with E-state index in [9.17, 15) is 14.9 Å². The second-order valence-corrected chi connectivity index (χ2v) is 4.48. The molecule has 9 heteroatoms. The fourth-order valence-electron chi connectivity index (χ4n) is 1.53. The number of nitro groups is 1. The highest BCUT2D eigenvalue weighted by Gasteiger charge is 2.08. The highest BCUT2D eigenvalue weighted by atomic mass is 35.5. The van der Waals surface area contributed by atoms with Crippen molar-refractivity contribution in [3.05, 3.63) is 57.5 Å². The summed E-state index contributed by atoms with van der Waals surface area (Å²) >= 11 is 5.68. The van der Waals surface area contributed by atoms with Crippen molar-refractivity contribution in [1.29, 1.82) is 0 Å². The summed E-state index contributed by atoms with van der Waals surface area (Å²) in [7, 11) is 0. The van der Waals surface area contributed by atoms with E-state index in [-0.39, 0.29) is 17.4 Å². The van der Waals surface area contributed by atoms with Crippen molar-refractivity contribution in [2.75, 3.05) is 18.5 Å². The summed E-state index contributed by atoms with van der Waals surface area (Å²) in [6.07, 6.45) is 2.56. The van der Waals surface area contributed by atoms with Gasteiger partial charge in [-0.25, -0.2) is 14.8 Å². The van der Waals surface area contributed by atoms with Crippen LogP contribution < -0.4 is 5.32 Å². The summed E-state index contributed by atoms with van der Waals surface area (Å²) in [5, 5.41) is 13.6. The number of hydrogen-bond donors (Lipinski definition) is 1. The van der Waals surface area contributed by atoms with Crippen LogP contribution >= 0.6 is 11.6 Å². The van der Waals surface area contributed by atoms with E-state index in [0.717, 1.165) is 6.20 Å². The van der Waals surface area contributed by atoms with Crippen LogP contribution in [0.1, 0.15) is 10.4 Å². The third kappa shape index (κ3) is 4.38. The Bertz CT molecular complexity index is 678. The maximum atomic E-state index is 11.7. The van der Waals surface area contributed by atoms with E-state index in [1.165, 1.54) is 30.5 Å². The number of esters is 1. The lowest BCUT2D eigenvalue weighted by Gasteiger charge is -2.07. The van der Waals surface area contributed by atoms with Crippen LogP contribution in [0.5, 0.6) is 0 Å². The minimum atomic E-state index is -0.529. The summed E-state index contributed by atoms with van der Waals surface area (Å²) < 4.78 is 5.04. The van der Waals surface area contributed by atoms with E-state index in [2.05, 4.69) is 15.3 Å². The van der Waals surface area contributed by atoms with E-state index in [1.54, 1.807) is 0 Å². The average molecular weight is 323 g/mol. The van der Waals surface area contributed by atoms with Gasteiger partial charge in [0.25, 0.3) is 5.69 Å². The highest BCUT2D eigenvalue weighted by Crippen LogP contribution is 2.11. The van der Waals surface area contributed by atoms with Gasteiger partial charge in [-0.3, -0.25) is 10.1 Å². The molecule has 0 unspecified atom stereocenters. The molecule has 0 aromatic carbocycles. The fourth-order valence-corrected chi connectivity index (χ4v) is 1.71. The number of nitrogens with zero attached hydrogens (tertiary/aromatic N) is 3. The van der Waals surface area contributed by atoms with Crippen molar-refractivity contribution < 1.29 is 14.5 Å². The molecular formula is C13H11ClN4O4. The zero-order chi connectivity index (χ0) is 15.9. The van der Waals surface area contributed by atoms with Crippen LogP contribution in [0.25, 0.3) is 0 Å². The molecule has 0 bridgehead atoms. The van der Waals surface area contributed by atoms with Crippen molar-refractivity contribution in [2.45, 2.75) is 0 Å². The Morgan fingerprint density at radius 2 is 2.18 bits per heavy atom. The molecule has 0 radical (unpaired) electrons. The van der Waals surface area contributed by atoms with Crippen LogP contribution in [0, 0.1) is 10.1 Å². The van der Waals surface area contributed by atoms with Crippen molar-refractivity contribution in [1.82, 2.24) is 9.97 Å². The summed E-state index contributed by atoms with van der Waals surface area (Å²) in [6.45, 7) is 0.423. The second-order valence-electron chi connectivity index (χ2n) is 4.09. The molecule has 2 rings (SSSR count). The molecule has 0 saturated heterocycles. The largest absolute Gasteiger partial charge is 0.460 e. The van der Waals surface area contributed by atoms with Gasteiger partial charge in [-0.05, 0) is 18.2 Å². The lowest BCUT2D eigenvalue weighted by atomic mass is 10.3. The lowest BCUT2D eigenvalue weighted by Crippen LogP contribution is -2.14. The van der Waals surface area contributed by atoms with Gasteiger partial charge in [0.15, 0.2) is 0 Å². The van der Waals surface area contributed by atoms with Gasteiger partial charge in [0, 0.05) is 12.3 Å². The number of nitrogens with one attached hydrogen (secondary N) is 1. The van der Waals surface area contributed by atoms with Crippen LogP contribution in [-0.4, -0.2) is 34.0 Å². The lowest BCUT2D eigenvalue weighted by molar-refractivity contribution is -0.385. The molecule has 0 aliphatic heterocycles. The Kier molecular flexibility index (Phi) is 5.21. The van der Waals surface area contributed by atoms with Gasteiger partial charge in [-0.2, -0.15) is 0 Å². The van der Waals surface area contributed by atoms with Crippen molar-refractivity contribution in [3.8, 4) is 0 Å². The number of pyridine rings is 2. The van der Waals surface area contributed by atoms with Gasteiger partial charge in [0.2, 0.25) is 0 Å². The standard InChI is InChI=1S/C13H11ClN4O4/c14-11-7-9(3-4-15-11)13(19)22-6-5-16-12-2-1-10(8-17-12)18(20)21/h1-4,7-8H,5-6H2,(H,16,17). The number of hydrogen-bond acceptors (Lipinski definition) is 7. The molecule has 2 aromatic heterocycles. The van der Waals surface area contributed by atoms with E-state index < -0.39 is 10.9 Å². The minimum Gasteiger partial charge on any atom is -0.460 e. The van der Waals surface area contributed by atoms with Crippen LogP contribution in [0.4, 0.5) is 11.5 Å². The molecule has 22 heavy (non-hydrogen) atoms. The fraction of sp³-hybridized carbons (Fsp3) is 0.154. The third-order valence-electron chi connectivity index (χ3n) is 2.56. The third-order valence-corrected chi connectivity index (χ3v) is 2.77. The zero-order valence-electron chi connectivity index (χ0n) is 11.2. The normalized spacial score (nSPS) is 10.0. The smallest absolute Gasteiger partial charge is 0.338 e. The summed E-state index contributed by atoms with van der Waals surface area (Å²) in [4.78, 5) is 29.3. The van der Waals surface area contributed by atoms with E-state index in [4.69, 9.17) is 16.3 Å². The molecule has 2 heterocycles. The first-order chi connectivity index (χ1) is 10.6. The van der Waals surface area contributed by atoms with Gasteiger partial charge in [-0.1, -0.05) is 11.6 Å². The van der Waals surface area contributed by atoms with Crippen LogP contribution in [0.2, 0.25) is 5.15 Å². The van der Waals surface area contributed by atoms with Gasteiger partial charge in [-0.15, -0.1) is 0 Å². The molecule has 0 amide bonds. The summed E-state index contributed by atoms with van der Waals surface area (Å²) in [5.74, 6) is -0.0589. The predicted molar refractivity (Wildman–Crippen MR) is 78.9 cm³/mol. The Morgan fingerprint density at radius 1 is 1.36 bits per heavy atom. The van der Waals surface area contributed by atoms with Gasteiger partial charge in [0.05, 0.1) is 17.0 Å². The van der Waals surface area contributed by atoms with E-state index in [1.807, 2.05) is 0 Å². The zero-order valence-corrected chi connectivity index (χ0v) is 12.0. The number of carbonyl (C=O) groups is 1. The maximum absolute atomic E-state index is 11.7. The Hall–Kier alpha value is -2.74. The topological polar surface area (TPSA) is 107 Å². The molecule has 0 aliphatic rings. The van der Waals surface area contributed by atoms with Gasteiger partial charge < -0.3 is 10.1 Å². The monoisotopic (exact) mass is 322 g/mol. The highest BCUT2D eigenvalue weighted by molar-refractivity contribution is 6.29. The van der Waals surface area contributed by atoms with Gasteiger partial charge in [0.1, 0.15) is 23.8 Å².